The van der Waals surface area contributed by atoms with Gasteiger partial charge in [-0.25, -0.2) is 0 Å². The Bertz CT molecular complexity index is 1190. The molecule has 1 unspecified atom stereocenters. The van der Waals surface area contributed by atoms with Crippen molar-refractivity contribution < 1.29 is 32.2 Å². The molecule has 0 saturated carbocycles. The summed E-state index contributed by atoms with van der Waals surface area (Å²) in [4.78, 5) is 30.1. The number of rotatable bonds is 5. The Balaban J connectivity index is 1.35. The third kappa shape index (κ3) is 4.99. The zero-order valence-corrected chi connectivity index (χ0v) is 20.8. The van der Waals surface area contributed by atoms with E-state index >= 15 is 0 Å². The predicted molar refractivity (Wildman–Crippen MR) is 129 cm³/mol. The second-order valence-electron chi connectivity index (χ2n) is 10.3. The molecule has 0 bridgehead atoms. The molecule has 0 radical (unpaired) electrons. The molecule has 7 nitrogen and oxygen atoms in total. The van der Waals surface area contributed by atoms with E-state index in [2.05, 4.69) is 5.32 Å². The van der Waals surface area contributed by atoms with Crippen LogP contribution in [0, 0.1) is 5.92 Å². The van der Waals surface area contributed by atoms with E-state index in [0.717, 1.165) is 12.1 Å². The van der Waals surface area contributed by atoms with Crippen LogP contribution in [0.2, 0.25) is 0 Å². The quantitative estimate of drug-likeness (QED) is 0.636. The van der Waals surface area contributed by atoms with Gasteiger partial charge in [0.05, 0.1) is 17.3 Å². The molecule has 3 aliphatic rings. The van der Waals surface area contributed by atoms with Crippen molar-refractivity contribution >= 4 is 11.8 Å². The second kappa shape index (κ2) is 9.55. The minimum absolute atomic E-state index is 0.0699. The number of alkyl halides is 3. The summed E-state index contributed by atoms with van der Waals surface area (Å²) in [5.74, 6) is 1.15. The molecule has 0 aliphatic carbocycles. The number of hydrogen-bond acceptors (Lipinski definition) is 5. The SMILES string of the molecule is CC(C)CC1NC2(CCN(C(=O)c3ccc4c(c3)OCO4)CC2)N(Cc2cccc(C(F)(F)F)c2)C1=O. The second-order valence-corrected chi connectivity index (χ2v) is 10.3. The van der Waals surface area contributed by atoms with Crippen LogP contribution in [0.1, 0.15) is 54.6 Å². The van der Waals surface area contributed by atoms with E-state index in [4.69, 9.17) is 9.47 Å². The molecule has 3 aliphatic heterocycles. The molecule has 2 amide bonds. The van der Waals surface area contributed by atoms with Crippen LogP contribution < -0.4 is 14.8 Å². The van der Waals surface area contributed by atoms with Gasteiger partial charge in [-0.15, -0.1) is 0 Å². The van der Waals surface area contributed by atoms with E-state index < -0.39 is 23.4 Å². The van der Waals surface area contributed by atoms with Crippen molar-refractivity contribution in [2.45, 2.75) is 57.5 Å². The van der Waals surface area contributed by atoms with E-state index in [-0.39, 0.29) is 31.1 Å². The van der Waals surface area contributed by atoms with Crippen LogP contribution in [-0.2, 0) is 17.5 Å². The first-order valence-corrected chi connectivity index (χ1v) is 12.5. The molecule has 1 N–H and O–H groups in total. The maximum absolute atomic E-state index is 13.5. The Morgan fingerprint density at radius 2 is 1.84 bits per heavy atom. The van der Waals surface area contributed by atoms with E-state index in [1.54, 1.807) is 34.1 Å². The predicted octanol–water partition coefficient (Wildman–Crippen LogP) is 4.41. The van der Waals surface area contributed by atoms with Crippen LogP contribution in [0.15, 0.2) is 42.5 Å². The Labute approximate surface area is 213 Å². The lowest BCUT2D eigenvalue weighted by Crippen LogP contribution is -2.59. The van der Waals surface area contributed by atoms with Crippen LogP contribution in [0.25, 0.3) is 0 Å². The van der Waals surface area contributed by atoms with Gasteiger partial charge in [0.25, 0.3) is 5.91 Å². The number of carbonyl (C=O) groups excluding carboxylic acids is 2. The Morgan fingerprint density at radius 3 is 2.54 bits per heavy atom. The van der Waals surface area contributed by atoms with Crippen LogP contribution in [-0.4, -0.2) is 53.2 Å². The Kier molecular flexibility index (Phi) is 6.55. The lowest BCUT2D eigenvalue weighted by Gasteiger charge is -2.44. The molecule has 10 heteroatoms. The molecule has 2 fully saturated rings. The molecule has 37 heavy (non-hydrogen) atoms. The number of nitrogens with zero attached hydrogens (tertiary/aromatic N) is 2. The van der Waals surface area contributed by atoms with Gasteiger partial charge in [0.1, 0.15) is 0 Å². The van der Waals surface area contributed by atoms with Crippen LogP contribution in [0.5, 0.6) is 11.5 Å². The van der Waals surface area contributed by atoms with E-state index in [1.807, 2.05) is 13.8 Å². The van der Waals surface area contributed by atoms with Crippen molar-refractivity contribution in [1.29, 1.82) is 0 Å². The summed E-state index contributed by atoms with van der Waals surface area (Å²) in [5.41, 5.74) is -0.541. The summed E-state index contributed by atoms with van der Waals surface area (Å²) in [6.45, 7) is 5.06. The highest BCUT2D eigenvalue weighted by Gasteiger charge is 2.51. The number of benzene rings is 2. The fraction of sp³-hybridized carbons (Fsp3) is 0.481. The Hall–Kier alpha value is -3.27. The maximum atomic E-state index is 13.5. The largest absolute Gasteiger partial charge is 0.454 e. The summed E-state index contributed by atoms with van der Waals surface area (Å²) < 4.78 is 50.6. The first kappa shape index (κ1) is 25.4. The molecule has 2 aromatic rings. The highest BCUT2D eigenvalue weighted by molar-refractivity contribution is 5.95. The standard InChI is InChI=1S/C27H30F3N3O4/c1-17(2)12-21-25(35)33(15-18-4-3-5-20(13-18)27(28,29)30)26(31-21)8-10-32(11-9-26)24(34)19-6-7-22-23(14-19)37-16-36-22/h3-7,13-14,17,21,31H,8-12,15-16H2,1-2H3. The highest BCUT2D eigenvalue weighted by atomic mass is 19.4. The fourth-order valence-electron chi connectivity index (χ4n) is 5.46. The molecular formula is C27H30F3N3O4. The molecule has 5 rings (SSSR count). The van der Waals surface area contributed by atoms with Crippen molar-refractivity contribution in [1.82, 2.24) is 15.1 Å². The zero-order chi connectivity index (χ0) is 26.4. The van der Waals surface area contributed by atoms with Gasteiger partial charge in [0.15, 0.2) is 11.5 Å². The number of ether oxygens (including phenoxy) is 2. The van der Waals surface area contributed by atoms with E-state index in [1.165, 1.54) is 6.07 Å². The third-order valence-corrected chi connectivity index (χ3v) is 7.32. The Morgan fingerprint density at radius 1 is 1.11 bits per heavy atom. The summed E-state index contributed by atoms with van der Waals surface area (Å²) in [7, 11) is 0. The monoisotopic (exact) mass is 517 g/mol. The number of nitrogens with one attached hydrogen (secondary N) is 1. The van der Waals surface area contributed by atoms with Crippen molar-refractivity contribution in [2.24, 2.45) is 5.92 Å². The van der Waals surface area contributed by atoms with Crippen molar-refractivity contribution in [3.63, 3.8) is 0 Å². The molecule has 2 aromatic carbocycles. The van der Waals surface area contributed by atoms with Gasteiger partial charge in [-0.2, -0.15) is 13.2 Å². The lowest BCUT2D eigenvalue weighted by atomic mass is 9.94. The van der Waals surface area contributed by atoms with Gasteiger partial charge in [0, 0.05) is 38.0 Å². The molecule has 198 valence electrons. The van der Waals surface area contributed by atoms with Crippen molar-refractivity contribution in [3.8, 4) is 11.5 Å². The summed E-state index contributed by atoms with van der Waals surface area (Å²) in [6.07, 6.45) is -2.88. The van der Waals surface area contributed by atoms with E-state index in [9.17, 15) is 22.8 Å². The minimum Gasteiger partial charge on any atom is -0.454 e. The molecular weight excluding hydrogens is 487 g/mol. The van der Waals surface area contributed by atoms with Crippen LogP contribution in [0.3, 0.4) is 0 Å². The number of likely N-dealkylation sites (tertiary alicyclic amines) is 1. The molecule has 0 aromatic heterocycles. The third-order valence-electron chi connectivity index (χ3n) is 7.32. The van der Waals surface area contributed by atoms with Gasteiger partial charge in [-0.1, -0.05) is 26.0 Å². The van der Waals surface area contributed by atoms with Gasteiger partial charge in [-0.05, 0) is 48.2 Å². The van der Waals surface area contributed by atoms with E-state index in [0.29, 0.717) is 55.0 Å². The number of carbonyl (C=O) groups is 2. The van der Waals surface area contributed by atoms with Crippen molar-refractivity contribution in [2.75, 3.05) is 19.9 Å². The average molecular weight is 518 g/mol. The molecule has 1 spiro atoms. The number of hydrogen-bond donors (Lipinski definition) is 1. The molecule has 2 saturated heterocycles. The van der Waals surface area contributed by atoms with Crippen LogP contribution in [0.4, 0.5) is 13.2 Å². The molecule has 3 heterocycles. The van der Waals surface area contributed by atoms with Crippen molar-refractivity contribution in [3.05, 3.63) is 59.2 Å². The first-order valence-electron chi connectivity index (χ1n) is 12.5. The zero-order valence-electron chi connectivity index (χ0n) is 20.8. The summed E-state index contributed by atoms with van der Waals surface area (Å²) >= 11 is 0. The number of amides is 2. The summed E-state index contributed by atoms with van der Waals surface area (Å²) in [5, 5.41) is 3.52. The number of piperidine rings is 1. The first-order chi connectivity index (χ1) is 17.6. The average Bonchev–Trinajstić information content (AvgIpc) is 3.42. The number of fused-ring (bicyclic) bond motifs is 1. The topological polar surface area (TPSA) is 71.1 Å². The summed E-state index contributed by atoms with van der Waals surface area (Å²) in [6, 6.07) is 9.80. The fourth-order valence-corrected chi connectivity index (χ4v) is 5.46. The van der Waals surface area contributed by atoms with Crippen LogP contribution >= 0.6 is 0 Å². The minimum atomic E-state index is -4.46. The smallest absolute Gasteiger partial charge is 0.416 e. The number of halogens is 3. The molecule has 1 atom stereocenters. The maximum Gasteiger partial charge on any atom is 0.416 e. The normalized spacial score (nSPS) is 20.8. The lowest BCUT2D eigenvalue weighted by molar-refractivity contribution is -0.137. The van der Waals surface area contributed by atoms with Gasteiger partial charge in [0.2, 0.25) is 12.7 Å². The van der Waals surface area contributed by atoms with Gasteiger partial charge >= 0.3 is 6.18 Å². The van der Waals surface area contributed by atoms with Gasteiger partial charge in [-0.3, -0.25) is 14.9 Å². The highest BCUT2D eigenvalue weighted by Crippen LogP contribution is 2.38. The van der Waals surface area contributed by atoms with Gasteiger partial charge < -0.3 is 19.3 Å².